The molecule has 0 saturated carbocycles. The van der Waals surface area contributed by atoms with Crippen LogP contribution in [0.4, 0.5) is 8.78 Å². The van der Waals surface area contributed by atoms with Crippen molar-refractivity contribution in [2.45, 2.75) is 25.0 Å². The molecular formula is C18H22F2N4O. The van der Waals surface area contributed by atoms with Crippen LogP contribution in [-0.4, -0.2) is 46.2 Å². The lowest BCUT2D eigenvalue weighted by Crippen LogP contribution is -2.54. The normalized spacial score (nSPS) is 18.0. The van der Waals surface area contributed by atoms with Crippen LogP contribution in [0.3, 0.4) is 0 Å². The van der Waals surface area contributed by atoms with E-state index in [4.69, 9.17) is 0 Å². The molecule has 25 heavy (non-hydrogen) atoms. The third-order valence-corrected chi connectivity index (χ3v) is 4.55. The highest BCUT2D eigenvalue weighted by Gasteiger charge is 2.36. The SMILES string of the molecule is O[C@](CCCc1ncc(F)cn1)(c1ccc(F)cc1)N1CCNCC1. The maximum atomic E-state index is 13.3. The van der Waals surface area contributed by atoms with Gasteiger partial charge in [0.05, 0.1) is 12.4 Å². The fourth-order valence-corrected chi connectivity index (χ4v) is 3.20. The molecule has 1 saturated heterocycles. The van der Waals surface area contributed by atoms with Crippen molar-refractivity contribution >= 4 is 0 Å². The van der Waals surface area contributed by atoms with Crippen molar-refractivity contribution in [2.24, 2.45) is 0 Å². The van der Waals surface area contributed by atoms with Crippen LogP contribution >= 0.6 is 0 Å². The monoisotopic (exact) mass is 348 g/mol. The van der Waals surface area contributed by atoms with Gasteiger partial charge in [0.15, 0.2) is 5.82 Å². The number of nitrogens with one attached hydrogen (secondary N) is 1. The number of hydrogen-bond acceptors (Lipinski definition) is 5. The van der Waals surface area contributed by atoms with Gasteiger partial charge < -0.3 is 10.4 Å². The number of piperazine rings is 1. The van der Waals surface area contributed by atoms with Crippen molar-refractivity contribution in [3.8, 4) is 0 Å². The first-order valence-electron chi connectivity index (χ1n) is 8.48. The van der Waals surface area contributed by atoms with Gasteiger partial charge >= 0.3 is 0 Å². The van der Waals surface area contributed by atoms with Gasteiger partial charge in [-0.2, -0.15) is 0 Å². The maximum Gasteiger partial charge on any atom is 0.159 e. The number of aliphatic hydroxyl groups is 1. The molecule has 1 atom stereocenters. The van der Waals surface area contributed by atoms with Crippen LogP contribution in [0.5, 0.6) is 0 Å². The van der Waals surface area contributed by atoms with E-state index >= 15 is 0 Å². The molecule has 0 bridgehead atoms. The minimum Gasteiger partial charge on any atom is -0.371 e. The first-order valence-corrected chi connectivity index (χ1v) is 8.48. The largest absolute Gasteiger partial charge is 0.371 e. The van der Waals surface area contributed by atoms with E-state index in [0.717, 1.165) is 25.5 Å². The zero-order valence-electron chi connectivity index (χ0n) is 14.0. The Morgan fingerprint density at radius 2 is 1.68 bits per heavy atom. The molecule has 134 valence electrons. The Hall–Kier alpha value is -1.96. The summed E-state index contributed by atoms with van der Waals surface area (Å²) >= 11 is 0. The molecule has 0 unspecified atom stereocenters. The Bertz CT molecular complexity index is 674. The molecule has 1 aromatic carbocycles. The molecule has 0 radical (unpaired) electrons. The molecule has 0 spiro atoms. The summed E-state index contributed by atoms with van der Waals surface area (Å²) in [5, 5.41) is 14.7. The van der Waals surface area contributed by atoms with E-state index < -0.39 is 11.5 Å². The smallest absolute Gasteiger partial charge is 0.159 e. The topological polar surface area (TPSA) is 61.3 Å². The number of aromatic nitrogens is 2. The number of halogens is 2. The molecule has 1 aliphatic heterocycles. The number of rotatable bonds is 6. The second-order valence-electron chi connectivity index (χ2n) is 6.23. The van der Waals surface area contributed by atoms with Crippen molar-refractivity contribution in [3.63, 3.8) is 0 Å². The molecule has 2 aromatic rings. The lowest BCUT2D eigenvalue weighted by Gasteiger charge is -2.42. The minimum atomic E-state index is -1.17. The predicted octanol–water partition coefficient (Wildman–Crippen LogP) is 1.83. The number of hydrogen-bond donors (Lipinski definition) is 2. The van der Waals surface area contributed by atoms with Gasteiger partial charge in [0.2, 0.25) is 0 Å². The summed E-state index contributed by atoms with van der Waals surface area (Å²) in [4.78, 5) is 9.92. The summed E-state index contributed by atoms with van der Waals surface area (Å²) < 4.78 is 26.2. The molecule has 7 heteroatoms. The summed E-state index contributed by atoms with van der Waals surface area (Å²) in [6, 6.07) is 5.99. The minimum absolute atomic E-state index is 0.328. The Labute approximate surface area is 145 Å². The lowest BCUT2D eigenvalue weighted by molar-refractivity contribution is -0.127. The Morgan fingerprint density at radius 3 is 2.32 bits per heavy atom. The van der Waals surface area contributed by atoms with E-state index in [-0.39, 0.29) is 5.82 Å². The van der Waals surface area contributed by atoms with Crippen LogP contribution in [0.2, 0.25) is 0 Å². The van der Waals surface area contributed by atoms with Gasteiger partial charge in [-0.1, -0.05) is 12.1 Å². The summed E-state index contributed by atoms with van der Waals surface area (Å²) in [6.07, 6.45) is 3.91. The van der Waals surface area contributed by atoms with Gasteiger partial charge in [0.25, 0.3) is 0 Å². The average molecular weight is 348 g/mol. The van der Waals surface area contributed by atoms with Gasteiger partial charge in [0.1, 0.15) is 17.4 Å². The Kier molecular flexibility index (Phi) is 5.67. The van der Waals surface area contributed by atoms with E-state index in [1.807, 2.05) is 4.90 Å². The van der Waals surface area contributed by atoms with Crippen LogP contribution in [0, 0.1) is 11.6 Å². The van der Waals surface area contributed by atoms with Crippen molar-refractivity contribution in [2.75, 3.05) is 26.2 Å². The van der Waals surface area contributed by atoms with Gasteiger partial charge in [-0.05, 0) is 30.5 Å². The fraction of sp³-hybridized carbons (Fsp3) is 0.444. The quantitative estimate of drug-likeness (QED) is 0.834. The van der Waals surface area contributed by atoms with E-state index in [1.165, 1.54) is 12.1 Å². The highest BCUT2D eigenvalue weighted by Crippen LogP contribution is 2.31. The molecule has 3 rings (SSSR count). The van der Waals surface area contributed by atoms with E-state index in [2.05, 4.69) is 15.3 Å². The van der Waals surface area contributed by atoms with Crippen molar-refractivity contribution < 1.29 is 13.9 Å². The zero-order valence-corrected chi connectivity index (χ0v) is 14.0. The van der Waals surface area contributed by atoms with E-state index in [0.29, 0.717) is 43.7 Å². The molecule has 2 heterocycles. The third-order valence-electron chi connectivity index (χ3n) is 4.55. The van der Waals surface area contributed by atoms with Crippen LogP contribution in [-0.2, 0) is 12.1 Å². The molecule has 1 fully saturated rings. The van der Waals surface area contributed by atoms with Crippen molar-refractivity contribution in [1.29, 1.82) is 0 Å². The van der Waals surface area contributed by atoms with Gasteiger partial charge in [-0.25, -0.2) is 18.7 Å². The highest BCUT2D eigenvalue weighted by atomic mass is 19.1. The summed E-state index contributed by atoms with van der Waals surface area (Å²) in [7, 11) is 0. The van der Waals surface area contributed by atoms with Gasteiger partial charge in [-0.3, -0.25) is 4.90 Å². The van der Waals surface area contributed by atoms with Crippen molar-refractivity contribution in [1.82, 2.24) is 20.2 Å². The molecular weight excluding hydrogens is 326 g/mol. The fourth-order valence-electron chi connectivity index (χ4n) is 3.20. The zero-order chi connectivity index (χ0) is 17.7. The Balaban J connectivity index is 1.73. The predicted molar refractivity (Wildman–Crippen MR) is 89.7 cm³/mol. The molecule has 0 amide bonds. The first kappa shape index (κ1) is 17.8. The van der Waals surface area contributed by atoms with Crippen molar-refractivity contribution in [3.05, 3.63) is 59.7 Å². The molecule has 0 aliphatic carbocycles. The number of nitrogens with zero attached hydrogens (tertiary/aromatic N) is 3. The summed E-state index contributed by atoms with van der Waals surface area (Å²) in [6.45, 7) is 3.01. The Morgan fingerprint density at radius 1 is 1.04 bits per heavy atom. The van der Waals surface area contributed by atoms with Crippen LogP contribution in [0.15, 0.2) is 36.7 Å². The summed E-state index contributed by atoms with van der Waals surface area (Å²) in [5.74, 6) is -0.248. The summed E-state index contributed by atoms with van der Waals surface area (Å²) in [5.41, 5.74) is -0.494. The van der Waals surface area contributed by atoms with Gasteiger partial charge in [0, 0.05) is 32.6 Å². The van der Waals surface area contributed by atoms with E-state index in [9.17, 15) is 13.9 Å². The number of benzene rings is 1. The molecule has 1 aromatic heterocycles. The van der Waals surface area contributed by atoms with E-state index in [1.54, 1.807) is 12.1 Å². The average Bonchev–Trinajstić information content (AvgIpc) is 2.64. The molecule has 5 nitrogen and oxygen atoms in total. The highest BCUT2D eigenvalue weighted by molar-refractivity contribution is 5.23. The standard InChI is InChI=1S/C18H22F2N4O/c19-15-5-3-14(4-6-15)18(25,24-10-8-21-9-11-24)7-1-2-17-22-12-16(20)13-23-17/h3-6,12-13,21,25H,1-2,7-11H2/t18-/m1/s1. The van der Waals surface area contributed by atoms with Crippen LogP contribution < -0.4 is 5.32 Å². The van der Waals surface area contributed by atoms with Gasteiger partial charge in [-0.15, -0.1) is 0 Å². The maximum absolute atomic E-state index is 13.3. The first-order chi connectivity index (χ1) is 12.1. The molecule has 1 aliphatic rings. The second kappa shape index (κ2) is 7.95. The lowest BCUT2D eigenvalue weighted by atomic mass is 9.94. The molecule has 2 N–H and O–H groups in total. The van der Waals surface area contributed by atoms with Crippen LogP contribution in [0.1, 0.15) is 24.2 Å². The third kappa shape index (κ3) is 4.36. The number of aryl methyl sites for hydroxylation is 1. The second-order valence-corrected chi connectivity index (χ2v) is 6.23. The van der Waals surface area contributed by atoms with Crippen LogP contribution in [0.25, 0.3) is 0 Å².